The highest BCUT2D eigenvalue weighted by Crippen LogP contribution is 2.29. The average Bonchev–Trinajstić information content (AvgIpc) is 2.68. The van der Waals surface area contributed by atoms with Gasteiger partial charge in [0.2, 0.25) is 0 Å². The Morgan fingerprint density at radius 1 is 1.50 bits per heavy atom. The Labute approximate surface area is 97.1 Å². The van der Waals surface area contributed by atoms with E-state index in [9.17, 15) is 9.50 Å². The zero-order valence-electron chi connectivity index (χ0n) is 8.56. The third kappa shape index (κ3) is 1.94. The summed E-state index contributed by atoms with van der Waals surface area (Å²) in [6.45, 7) is 0. The molecule has 2 aromatic rings. The van der Waals surface area contributed by atoms with E-state index < -0.39 is 11.9 Å². The van der Waals surface area contributed by atoms with Crippen molar-refractivity contribution in [1.29, 1.82) is 0 Å². The lowest BCUT2D eigenvalue weighted by atomic mass is 10.0. The van der Waals surface area contributed by atoms with Crippen molar-refractivity contribution in [2.45, 2.75) is 6.10 Å². The standard InChI is InChI=1S/C11H10ClFN2O/c1-15-6-7(5-14-15)11(16)8-3-2-4-9(13)10(8)12/h2-6,11,16H,1H3. The number of hydrogen-bond donors (Lipinski definition) is 1. The third-order valence-corrected chi connectivity index (χ3v) is 2.72. The van der Waals surface area contributed by atoms with E-state index in [0.29, 0.717) is 11.1 Å². The van der Waals surface area contributed by atoms with Gasteiger partial charge in [0.15, 0.2) is 0 Å². The molecule has 1 N–H and O–H groups in total. The van der Waals surface area contributed by atoms with Crippen LogP contribution in [0.4, 0.5) is 4.39 Å². The summed E-state index contributed by atoms with van der Waals surface area (Å²) >= 11 is 5.78. The first-order valence-corrected chi connectivity index (χ1v) is 5.08. The second-order valence-corrected chi connectivity index (χ2v) is 3.87. The van der Waals surface area contributed by atoms with Gasteiger partial charge in [-0.3, -0.25) is 4.68 Å². The van der Waals surface area contributed by atoms with E-state index in [1.165, 1.54) is 18.3 Å². The molecule has 16 heavy (non-hydrogen) atoms. The molecule has 0 radical (unpaired) electrons. The third-order valence-electron chi connectivity index (χ3n) is 2.32. The fraction of sp³-hybridized carbons (Fsp3) is 0.182. The molecule has 0 aliphatic heterocycles. The lowest BCUT2D eigenvalue weighted by Crippen LogP contribution is -2.00. The summed E-state index contributed by atoms with van der Waals surface area (Å²) < 4.78 is 14.8. The normalized spacial score (nSPS) is 12.8. The number of nitrogens with zero attached hydrogens (tertiary/aromatic N) is 2. The molecule has 0 saturated carbocycles. The summed E-state index contributed by atoms with van der Waals surface area (Å²) in [6.07, 6.45) is 2.22. The number of hydrogen-bond acceptors (Lipinski definition) is 2. The predicted molar refractivity (Wildman–Crippen MR) is 58.7 cm³/mol. The van der Waals surface area contributed by atoms with E-state index in [0.717, 1.165) is 0 Å². The lowest BCUT2D eigenvalue weighted by molar-refractivity contribution is 0.220. The average molecular weight is 241 g/mol. The SMILES string of the molecule is Cn1cc(C(O)c2cccc(F)c2Cl)cn1. The van der Waals surface area contributed by atoms with Crippen LogP contribution in [0.5, 0.6) is 0 Å². The van der Waals surface area contributed by atoms with Gasteiger partial charge in [-0.2, -0.15) is 5.10 Å². The Hall–Kier alpha value is -1.39. The molecule has 1 heterocycles. The number of benzene rings is 1. The number of aliphatic hydroxyl groups is 1. The second kappa shape index (κ2) is 4.23. The van der Waals surface area contributed by atoms with Crippen molar-refractivity contribution in [2.75, 3.05) is 0 Å². The van der Waals surface area contributed by atoms with Crippen molar-refractivity contribution >= 4 is 11.6 Å². The van der Waals surface area contributed by atoms with Crippen molar-refractivity contribution < 1.29 is 9.50 Å². The lowest BCUT2D eigenvalue weighted by Gasteiger charge is -2.10. The highest BCUT2D eigenvalue weighted by Gasteiger charge is 2.17. The van der Waals surface area contributed by atoms with Crippen LogP contribution < -0.4 is 0 Å². The highest BCUT2D eigenvalue weighted by atomic mass is 35.5. The molecule has 1 aromatic carbocycles. The van der Waals surface area contributed by atoms with Crippen molar-refractivity contribution in [3.63, 3.8) is 0 Å². The number of aliphatic hydroxyl groups excluding tert-OH is 1. The van der Waals surface area contributed by atoms with E-state index >= 15 is 0 Å². The minimum absolute atomic E-state index is 0.0566. The molecule has 3 nitrogen and oxygen atoms in total. The quantitative estimate of drug-likeness (QED) is 0.875. The van der Waals surface area contributed by atoms with Gasteiger partial charge in [0.25, 0.3) is 0 Å². The van der Waals surface area contributed by atoms with Crippen LogP contribution in [0.3, 0.4) is 0 Å². The molecule has 0 fully saturated rings. The van der Waals surface area contributed by atoms with Crippen LogP contribution in [-0.4, -0.2) is 14.9 Å². The zero-order valence-corrected chi connectivity index (χ0v) is 9.32. The number of aryl methyl sites for hydroxylation is 1. The van der Waals surface area contributed by atoms with Gasteiger partial charge in [0.1, 0.15) is 11.9 Å². The molecular formula is C11H10ClFN2O. The molecule has 0 aliphatic carbocycles. The van der Waals surface area contributed by atoms with Gasteiger partial charge >= 0.3 is 0 Å². The summed E-state index contributed by atoms with van der Waals surface area (Å²) in [4.78, 5) is 0. The summed E-state index contributed by atoms with van der Waals surface area (Å²) in [5.74, 6) is -0.540. The first-order chi connectivity index (χ1) is 7.59. The number of halogens is 2. The Kier molecular flexibility index (Phi) is 2.94. The van der Waals surface area contributed by atoms with E-state index in [-0.39, 0.29) is 5.02 Å². The smallest absolute Gasteiger partial charge is 0.142 e. The Balaban J connectivity index is 2.41. The van der Waals surface area contributed by atoms with E-state index in [1.54, 1.807) is 24.0 Å². The molecule has 0 bridgehead atoms. The molecule has 2 rings (SSSR count). The minimum Gasteiger partial charge on any atom is -0.383 e. The van der Waals surface area contributed by atoms with Gasteiger partial charge in [-0.1, -0.05) is 23.7 Å². The first-order valence-electron chi connectivity index (χ1n) is 4.70. The van der Waals surface area contributed by atoms with Crippen LogP contribution in [0, 0.1) is 5.82 Å². The summed E-state index contributed by atoms with van der Waals surface area (Å²) in [5.41, 5.74) is 0.921. The van der Waals surface area contributed by atoms with E-state index in [1.807, 2.05) is 0 Å². The van der Waals surface area contributed by atoms with E-state index in [2.05, 4.69) is 5.10 Å². The van der Waals surface area contributed by atoms with Gasteiger partial charge in [-0.15, -0.1) is 0 Å². The van der Waals surface area contributed by atoms with Gasteiger partial charge < -0.3 is 5.11 Å². The maximum absolute atomic E-state index is 13.2. The number of aromatic nitrogens is 2. The molecule has 84 valence electrons. The van der Waals surface area contributed by atoms with Crippen molar-refractivity contribution in [3.05, 3.63) is 52.6 Å². The van der Waals surface area contributed by atoms with Crippen molar-refractivity contribution in [1.82, 2.24) is 9.78 Å². The Morgan fingerprint density at radius 3 is 2.88 bits per heavy atom. The largest absolute Gasteiger partial charge is 0.383 e. The van der Waals surface area contributed by atoms with Crippen LogP contribution >= 0.6 is 11.6 Å². The molecule has 1 aromatic heterocycles. The van der Waals surface area contributed by atoms with Crippen LogP contribution in [0.25, 0.3) is 0 Å². The molecule has 0 spiro atoms. The van der Waals surface area contributed by atoms with E-state index in [4.69, 9.17) is 11.6 Å². The summed E-state index contributed by atoms with van der Waals surface area (Å²) in [5, 5.41) is 13.9. The van der Waals surface area contributed by atoms with Gasteiger partial charge in [-0.25, -0.2) is 4.39 Å². The van der Waals surface area contributed by atoms with Gasteiger partial charge in [0, 0.05) is 24.4 Å². The van der Waals surface area contributed by atoms with Crippen LogP contribution in [0.2, 0.25) is 5.02 Å². The monoisotopic (exact) mass is 240 g/mol. The summed E-state index contributed by atoms with van der Waals surface area (Å²) in [7, 11) is 1.74. The molecule has 5 heteroatoms. The molecule has 0 saturated heterocycles. The topological polar surface area (TPSA) is 38.0 Å². The van der Waals surface area contributed by atoms with Gasteiger partial charge in [-0.05, 0) is 6.07 Å². The molecule has 0 amide bonds. The van der Waals surface area contributed by atoms with Crippen LogP contribution in [-0.2, 0) is 7.05 Å². The molecular weight excluding hydrogens is 231 g/mol. The minimum atomic E-state index is -0.961. The maximum atomic E-state index is 13.2. The second-order valence-electron chi connectivity index (χ2n) is 3.49. The first kappa shape index (κ1) is 11.1. The molecule has 1 unspecified atom stereocenters. The zero-order chi connectivity index (χ0) is 11.7. The van der Waals surface area contributed by atoms with Crippen LogP contribution in [0.15, 0.2) is 30.6 Å². The van der Waals surface area contributed by atoms with Crippen LogP contribution in [0.1, 0.15) is 17.2 Å². The fourth-order valence-electron chi connectivity index (χ4n) is 1.49. The van der Waals surface area contributed by atoms with Crippen molar-refractivity contribution in [2.24, 2.45) is 7.05 Å². The number of rotatable bonds is 2. The predicted octanol–water partition coefficient (Wildman–Crippen LogP) is 2.29. The highest BCUT2D eigenvalue weighted by molar-refractivity contribution is 6.31. The summed E-state index contributed by atoms with van der Waals surface area (Å²) in [6, 6.07) is 4.35. The molecule has 0 aliphatic rings. The Bertz CT molecular complexity index is 512. The maximum Gasteiger partial charge on any atom is 0.142 e. The van der Waals surface area contributed by atoms with Crippen molar-refractivity contribution in [3.8, 4) is 0 Å². The Morgan fingerprint density at radius 2 is 2.25 bits per heavy atom. The van der Waals surface area contributed by atoms with Gasteiger partial charge in [0.05, 0.1) is 11.2 Å². The fourth-order valence-corrected chi connectivity index (χ4v) is 1.72. The molecule has 1 atom stereocenters.